The quantitative estimate of drug-likeness (QED) is 0.373. The fourth-order valence-electron chi connectivity index (χ4n) is 3.46. The molecule has 0 aliphatic carbocycles. The van der Waals surface area contributed by atoms with Crippen LogP contribution in [0.5, 0.6) is 11.5 Å². The fourth-order valence-corrected chi connectivity index (χ4v) is 4.00. The number of halogens is 1. The van der Waals surface area contributed by atoms with E-state index in [1.807, 2.05) is 49.4 Å². The predicted octanol–water partition coefficient (Wildman–Crippen LogP) is 5.12. The van der Waals surface area contributed by atoms with Crippen molar-refractivity contribution in [2.45, 2.75) is 59.0 Å². The lowest BCUT2D eigenvalue weighted by atomic mass is 10.1. The first-order valence-corrected chi connectivity index (χ1v) is 12.3. The minimum absolute atomic E-state index is 0.138. The van der Waals surface area contributed by atoms with Gasteiger partial charge in [-0.25, -0.2) is 0 Å². The van der Waals surface area contributed by atoms with E-state index in [-0.39, 0.29) is 18.4 Å². The molecule has 0 aromatic heterocycles. The zero-order chi connectivity index (χ0) is 24.2. The van der Waals surface area contributed by atoms with Crippen molar-refractivity contribution in [3.05, 3.63) is 58.1 Å². The zero-order valence-corrected chi connectivity index (χ0v) is 21.6. The molecule has 1 N–H and O–H groups in total. The molecule has 1 atom stereocenters. The normalized spacial score (nSPS) is 11.5. The van der Waals surface area contributed by atoms with Crippen LogP contribution in [0.2, 0.25) is 0 Å². The van der Waals surface area contributed by atoms with Crippen molar-refractivity contribution in [1.82, 2.24) is 10.2 Å². The number of hydrogen-bond acceptors (Lipinski definition) is 4. The molecule has 0 unspecified atom stereocenters. The number of hydrogen-bond donors (Lipinski definition) is 1. The Kier molecular flexibility index (Phi) is 11.2. The van der Waals surface area contributed by atoms with Gasteiger partial charge in [0.1, 0.15) is 17.5 Å². The van der Waals surface area contributed by atoms with Gasteiger partial charge in [-0.05, 0) is 70.6 Å². The number of unbranched alkanes of at least 4 members (excludes halogenated alkanes) is 1. The third-order valence-corrected chi connectivity index (χ3v) is 6.10. The first kappa shape index (κ1) is 26.7. The number of nitrogens with zero attached hydrogens (tertiary/aromatic N) is 1. The summed E-state index contributed by atoms with van der Waals surface area (Å²) in [5.41, 5.74) is 2.09. The SMILES string of the molecule is CCCCNC(=O)[C@H](CC)N(Cc1ccc(OC)cc1)C(=O)COc1ccc(CC)cc1Br. The van der Waals surface area contributed by atoms with E-state index < -0.39 is 6.04 Å². The molecule has 33 heavy (non-hydrogen) atoms. The average Bonchev–Trinajstić information content (AvgIpc) is 2.83. The van der Waals surface area contributed by atoms with Crippen molar-refractivity contribution in [2.75, 3.05) is 20.3 Å². The number of nitrogens with one attached hydrogen (secondary N) is 1. The van der Waals surface area contributed by atoms with Crippen LogP contribution >= 0.6 is 15.9 Å². The summed E-state index contributed by atoms with van der Waals surface area (Å²) in [7, 11) is 1.61. The van der Waals surface area contributed by atoms with Crippen LogP contribution in [-0.4, -0.2) is 43.0 Å². The first-order valence-electron chi connectivity index (χ1n) is 11.5. The lowest BCUT2D eigenvalue weighted by Crippen LogP contribution is -2.50. The molecule has 2 aromatic rings. The van der Waals surface area contributed by atoms with Crippen LogP contribution < -0.4 is 14.8 Å². The van der Waals surface area contributed by atoms with E-state index in [4.69, 9.17) is 9.47 Å². The van der Waals surface area contributed by atoms with Crippen molar-refractivity contribution in [3.8, 4) is 11.5 Å². The molecule has 0 fully saturated rings. The molecule has 0 aliphatic rings. The Labute approximate surface area is 205 Å². The highest BCUT2D eigenvalue weighted by Crippen LogP contribution is 2.26. The minimum Gasteiger partial charge on any atom is -0.497 e. The summed E-state index contributed by atoms with van der Waals surface area (Å²) in [4.78, 5) is 27.8. The minimum atomic E-state index is -0.578. The van der Waals surface area contributed by atoms with Crippen LogP contribution in [0.4, 0.5) is 0 Å². The predicted molar refractivity (Wildman–Crippen MR) is 135 cm³/mol. The van der Waals surface area contributed by atoms with Crippen molar-refractivity contribution in [2.24, 2.45) is 0 Å². The number of amides is 2. The third kappa shape index (κ3) is 8.07. The Bertz CT molecular complexity index is 902. The molecule has 2 amide bonds. The smallest absolute Gasteiger partial charge is 0.261 e. The number of carbonyl (C=O) groups excluding carboxylic acids is 2. The van der Waals surface area contributed by atoms with Gasteiger partial charge in [0.05, 0.1) is 11.6 Å². The highest BCUT2D eigenvalue weighted by molar-refractivity contribution is 9.10. The summed E-state index contributed by atoms with van der Waals surface area (Å²) >= 11 is 3.52. The zero-order valence-electron chi connectivity index (χ0n) is 20.0. The van der Waals surface area contributed by atoms with Gasteiger partial charge in [-0.2, -0.15) is 0 Å². The number of rotatable bonds is 13. The van der Waals surface area contributed by atoms with Crippen molar-refractivity contribution in [3.63, 3.8) is 0 Å². The van der Waals surface area contributed by atoms with Crippen LogP contribution in [-0.2, 0) is 22.6 Å². The molecule has 0 saturated heterocycles. The number of benzene rings is 2. The summed E-state index contributed by atoms with van der Waals surface area (Å²) < 4.78 is 11.9. The largest absolute Gasteiger partial charge is 0.497 e. The molecule has 6 nitrogen and oxygen atoms in total. The van der Waals surface area contributed by atoms with Crippen LogP contribution in [0.1, 0.15) is 51.2 Å². The van der Waals surface area contributed by atoms with E-state index >= 15 is 0 Å². The van der Waals surface area contributed by atoms with Crippen LogP contribution in [0, 0.1) is 0 Å². The van der Waals surface area contributed by atoms with Gasteiger partial charge < -0.3 is 19.7 Å². The molecular formula is C26H35BrN2O4. The molecule has 0 saturated carbocycles. The van der Waals surface area contributed by atoms with Crippen molar-refractivity contribution >= 4 is 27.7 Å². The molecular weight excluding hydrogens is 484 g/mol. The van der Waals surface area contributed by atoms with Crippen LogP contribution in [0.15, 0.2) is 46.9 Å². The summed E-state index contributed by atoms with van der Waals surface area (Å²) in [6, 6.07) is 12.8. The molecule has 180 valence electrons. The molecule has 0 heterocycles. The summed E-state index contributed by atoms with van der Waals surface area (Å²) in [5, 5.41) is 2.97. The topological polar surface area (TPSA) is 67.9 Å². The highest BCUT2D eigenvalue weighted by Gasteiger charge is 2.29. The summed E-state index contributed by atoms with van der Waals surface area (Å²) in [6.07, 6.45) is 3.32. The Hall–Kier alpha value is -2.54. The maximum atomic E-state index is 13.3. The third-order valence-electron chi connectivity index (χ3n) is 5.48. The van der Waals surface area contributed by atoms with Crippen molar-refractivity contribution < 1.29 is 19.1 Å². The molecule has 2 rings (SSSR count). The molecule has 0 radical (unpaired) electrons. The second kappa shape index (κ2) is 13.9. The number of methoxy groups -OCH3 is 1. The number of carbonyl (C=O) groups is 2. The van der Waals surface area contributed by atoms with Gasteiger partial charge in [0.2, 0.25) is 5.91 Å². The van der Waals surface area contributed by atoms with E-state index in [0.717, 1.165) is 35.0 Å². The maximum Gasteiger partial charge on any atom is 0.261 e. The lowest BCUT2D eigenvalue weighted by molar-refractivity contribution is -0.143. The van der Waals surface area contributed by atoms with Crippen LogP contribution in [0.25, 0.3) is 0 Å². The highest BCUT2D eigenvalue weighted by atomic mass is 79.9. The number of ether oxygens (including phenoxy) is 2. The Morgan fingerprint density at radius 1 is 1.06 bits per heavy atom. The van der Waals surface area contributed by atoms with E-state index in [2.05, 4.69) is 35.1 Å². The second-order valence-electron chi connectivity index (χ2n) is 7.85. The Morgan fingerprint density at radius 3 is 2.33 bits per heavy atom. The van der Waals surface area contributed by atoms with E-state index in [1.165, 1.54) is 5.56 Å². The van der Waals surface area contributed by atoms with Gasteiger partial charge in [-0.1, -0.05) is 45.4 Å². The molecule has 7 heteroatoms. The van der Waals surface area contributed by atoms with Gasteiger partial charge in [0.25, 0.3) is 5.91 Å². The van der Waals surface area contributed by atoms with Gasteiger partial charge in [0, 0.05) is 13.1 Å². The monoisotopic (exact) mass is 518 g/mol. The Morgan fingerprint density at radius 2 is 1.76 bits per heavy atom. The molecule has 0 bridgehead atoms. The van der Waals surface area contributed by atoms with Crippen molar-refractivity contribution in [1.29, 1.82) is 0 Å². The van der Waals surface area contributed by atoms with E-state index in [1.54, 1.807) is 12.0 Å². The summed E-state index contributed by atoms with van der Waals surface area (Å²) in [5.74, 6) is 0.964. The van der Waals surface area contributed by atoms with Gasteiger partial charge in [-0.15, -0.1) is 0 Å². The van der Waals surface area contributed by atoms with Crippen LogP contribution in [0.3, 0.4) is 0 Å². The van der Waals surface area contributed by atoms with E-state index in [9.17, 15) is 9.59 Å². The fraction of sp³-hybridized carbons (Fsp3) is 0.462. The molecule has 0 spiro atoms. The van der Waals surface area contributed by atoms with Gasteiger partial charge >= 0.3 is 0 Å². The lowest BCUT2D eigenvalue weighted by Gasteiger charge is -2.30. The Balaban J connectivity index is 2.19. The van der Waals surface area contributed by atoms with E-state index in [0.29, 0.717) is 25.3 Å². The van der Waals surface area contributed by atoms with Gasteiger partial charge in [-0.3, -0.25) is 9.59 Å². The second-order valence-corrected chi connectivity index (χ2v) is 8.70. The average molecular weight is 519 g/mol. The maximum absolute atomic E-state index is 13.3. The number of aryl methyl sites for hydroxylation is 1. The molecule has 0 aliphatic heterocycles. The van der Waals surface area contributed by atoms with Gasteiger partial charge in [0.15, 0.2) is 6.61 Å². The molecule has 2 aromatic carbocycles. The summed E-state index contributed by atoms with van der Waals surface area (Å²) in [6.45, 7) is 6.83. The standard InChI is InChI=1S/C26H35BrN2O4/c1-5-8-15-28-26(31)23(7-3)29(17-20-9-12-21(32-4)13-10-20)25(30)18-33-24-14-11-19(6-2)16-22(24)27/h9-14,16,23H,5-8,15,17-18H2,1-4H3,(H,28,31)/t23-/m0/s1. The first-order chi connectivity index (χ1) is 15.9.